The molecule has 0 fully saturated rings. The highest BCUT2D eigenvalue weighted by atomic mass is 127. The molecule has 2 aromatic rings. The van der Waals surface area contributed by atoms with Gasteiger partial charge in [-0.2, -0.15) is 0 Å². The van der Waals surface area contributed by atoms with Crippen molar-refractivity contribution < 1.29 is 14.3 Å². The molecule has 1 heterocycles. The van der Waals surface area contributed by atoms with Crippen LogP contribution in [-0.2, 0) is 6.42 Å². The van der Waals surface area contributed by atoms with E-state index in [1.54, 1.807) is 0 Å². The molecule has 0 radical (unpaired) electrons. The van der Waals surface area contributed by atoms with Gasteiger partial charge in [-0.3, -0.25) is 0 Å². The zero-order valence-electron chi connectivity index (χ0n) is 10.7. The van der Waals surface area contributed by atoms with Crippen molar-refractivity contribution in [3.8, 4) is 11.5 Å². The summed E-state index contributed by atoms with van der Waals surface area (Å²) < 4.78 is 6.41. The Balaban J connectivity index is 2.49. The van der Waals surface area contributed by atoms with Gasteiger partial charge in [0, 0.05) is 3.57 Å². The number of nitrogens with zero attached hydrogens (tertiary/aromatic N) is 1. The molecular weight excluding hydrogens is 357 g/mol. The van der Waals surface area contributed by atoms with Crippen molar-refractivity contribution in [2.45, 2.75) is 20.3 Å². The lowest BCUT2D eigenvalue weighted by molar-refractivity contribution is 0.0661. The topological polar surface area (TPSA) is 63.3 Å². The van der Waals surface area contributed by atoms with Crippen LogP contribution in [0.15, 0.2) is 28.7 Å². The second-order valence-corrected chi connectivity index (χ2v) is 5.84. The number of hydrogen-bond acceptors (Lipinski definition) is 3. The molecule has 1 aromatic carbocycles. The average molecular weight is 371 g/mol. The largest absolute Gasteiger partial charge is 0.475 e. The Morgan fingerprint density at radius 2 is 2.11 bits per heavy atom. The van der Waals surface area contributed by atoms with E-state index < -0.39 is 5.97 Å². The number of aromatic nitrogens is 1. The maximum Gasteiger partial charge on any atom is 0.373 e. The SMILES string of the molecule is CC(C)Cc1nc(-c2ccccc2I)oc1C(=O)O. The molecule has 0 atom stereocenters. The van der Waals surface area contributed by atoms with Gasteiger partial charge in [-0.15, -0.1) is 0 Å². The van der Waals surface area contributed by atoms with Crippen molar-refractivity contribution in [3.63, 3.8) is 0 Å². The third kappa shape index (κ3) is 3.15. The van der Waals surface area contributed by atoms with E-state index in [9.17, 15) is 9.90 Å². The van der Waals surface area contributed by atoms with Crippen LogP contribution >= 0.6 is 22.6 Å². The van der Waals surface area contributed by atoms with Gasteiger partial charge in [-0.25, -0.2) is 9.78 Å². The molecule has 1 N–H and O–H groups in total. The van der Waals surface area contributed by atoms with Crippen molar-refractivity contribution in [2.75, 3.05) is 0 Å². The minimum Gasteiger partial charge on any atom is -0.475 e. The highest BCUT2D eigenvalue weighted by molar-refractivity contribution is 14.1. The maximum atomic E-state index is 11.2. The molecule has 0 aliphatic carbocycles. The molecule has 0 saturated heterocycles. The Bertz CT molecular complexity index is 604. The number of carbonyl (C=O) groups is 1. The van der Waals surface area contributed by atoms with Crippen molar-refractivity contribution in [2.24, 2.45) is 5.92 Å². The molecule has 4 nitrogen and oxygen atoms in total. The molecule has 5 heteroatoms. The molecule has 0 spiro atoms. The molecule has 0 saturated carbocycles. The van der Waals surface area contributed by atoms with Crippen LogP contribution in [0.4, 0.5) is 0 Å². The quantitative estimate of drug-likeness (QED) is 0.830. The lowest BCUT2D eigenvalue weighted by atomic mass is 10.1. The molecule has 100 valence electrons. The van der Waals surface area contributed by atoms with Crippen LogP contribution in [-0.4, -0.2) is 16.1 Å². The monoisotopic (exact) mass is 371 g/mol. The van der Waals surface area contributed by atoms with Crippen molar-refractivity contribution in [1.29, 1.82) is 0 Å². The summed E-state index contributed by atoms with van der Waals surface area (Å²) in [5.41, 5.74) is 1.33. The predicted octanol–water partition coefficient (Wildman–Crippen LogP) is 3.84. The number of rotatable bonds is 4. The average Bonchev–Trinajstić information content (AvgIpc) is 2.72. The maximum absolute atomic E-state index is 11.2. The van der Waals surface area contributed by atoms with Gasteiger partial charge in [-0.1, -0.05) is 26.0 Å². The summed E-state index contributed by atoms with van der Waals surface area (Å²) in [4.78, 5) is 15.5. The van der Waals surface area contributed by atoms with Gasteiger partial charge >= 0.3 is 5.97 Å². The van der Waals surface area contributed by atoms with E-state index in [0.717, 1.165) is 9.13 Å². The molecule has 2 rings (SSSR count). The van der Waals surface area contributed by atoms with Gasteiger partial charge in [-0.05, 0) is 47.1 Å². The summed E-state index contributed by atoms with van der Waals surface area (Å²) in [6.45, 7) is 4.04. The Hall–Kier alpha value is -1.37. The normalized spacial score (nSPS) is 10.9. The van der Waals surface area contributed by atoms with Gasteiger partial charge in [0.25, 0.3) is 0 Å². The first-order valence-corrected chi connectivity index (χ1v) is 7.04. The Kier molecular flexibility index (Phi) is 4.24. The van der Waals surface area contributed by atoms with Crippen LogP contribution in [0.25, 0.3) is 11.5 Å². The summed E-state index contributed by atoms with van der Waals surface area (Å²) in [5, 5.41) is 9.17. The summed E-state index contributed by atoms with van der Waals surface area (Å²) in [7, 11) is 0. The second-order valence-electron chi connectivity index (χ2n) is 4.68. The van der Waals surface area contributed by atoms with E-state index >= 15 is 0 Å². The van der Waals surface area contributed by atoms with Gasteiger partial charge in [0.2, 0.25) is 11.7 Å². The van der Waals surface area contributed by atoms with E-state index in [0.29, 0.717) is 23.9 Å². The summed E-state index contributed by atoms with van der Waals surface area (Å²) >= 11 is 2.18. The van der Waals surface area contributed by atoms with Gasteiger partial charge in [0.1, 0.15) is 0 Å². The number of oxazole rings is 1. The van der Waals surface area contributed by atoms with Gasteiger partial charge in [0.15, 0.2) is 0 Å². The number of aromatic carboxylic acids is 1. The highest BCUT2D eigenvalue weighted by Gasteiger charge is 2.21. The van der Waals surface area contributed by atoms with E-state index in [2.05, 4.69) is 27.6 Å². The molecule has 19 heavy (non-hydrogen) atoms. The summed E-state index contributed by atoms with van der Waals surface area (Å²) in [6.07, 6.45) is 0.592. The van der Waals surface area contributed by atoms with Gasteiger partial charge in [0.05, 0.1) is 11.3 Å². The lowest BCUT2D eigenvalue weighted by Crippen LogP contribution is -2.03. The minimum atomic E-state index is -1.07. The predicted molar refractivity (Wildman–Crippen MR) is 80.2 cm³/mol. The third-order valence-electron chi connectivity index (χ3n) is 2.60. The first kappa shape index (κ1) is 14.0. The van der Waals surface area contributed by atoms with Crippen LogP contribution in [0, 0.1) is 9.49 Å². The zero-order valence-corrected chi connectivity index (χ0v) is 12.8. The van der Waals surface area contributed by atoms with Crippen LogP contribution in [0.5, 0.6) is 0 Å². The Morgan fingerprint density at radius 1 is 1.42 bits per heavy atom. The third-order valence-corrected chi connectivity index (χ3v) is 3.54. The van der Waals surface area contributed by atoms with E-state index in [4.69, 9.17) is 4.42 Å². The van der Waals surface area contributed by atoms with Crippen molar-refractivity contribution >= 4 is 28.6 Å². The number of carboxylic acid groups (broad SMARTS) is 1. The minimum absolute atomic E-state index is 0.0525. The van der Waals surface area contributed by atoms with E-state index in [1.807, 2.05) is 38.1 Å². The van der Waals surface area contributed by atoms with Crippen LogP contribution in [0.3, 0.4) is 0 Å². The lowest BCUT2D eigenvalue weighted by Gasteiger charge is -2.00. The zero-order chi connectivity index (χ0) is 14.0. The fourth-order valence-corrected chi connectivity index (χ4v) is 2.41. The Morgan fingerprint density at radius 3 is 2.68 bits per heavy atom. The summed E-state index contributed by atoms with van der Waals surface area (Å²) in [5.74, 6) is -0.423. The van der Waals surface area contributed by atoms with Crippen LogP contribution in [0.2, 0.25) is 0 Å². The molecule has 0 bridgehead atoms. The van der Waals surface area contributed by atoms with Crippen molar-refractivity contribution in [1.82, 2.24) is 4.98 Å². The van der Waals surface area contributed by atoms with Crippen LogP contribution < -0.4 is 0 Å². The first-order chi connectivity index (χ1) is 8.99. The number of carboxylic acids is 1. The highest BCUT2D eigenvalue weighted by Crippen LogP contribution is 2.27. The van der Waals surface area contributed by atoms with E-state index in [1.165, 1.54) is 0 Å². The first-order valence-electron chi connectivity index (χ1n) is 5.97. The van der Waals surface area contributed by atoms with Crippen molar-refractivity contribution in [3.05, 3.63) is 39.3 Å². The Labute approximate surface area is 125 Å². The molecule has 1 aromatic heterocycles. The van der Waals surface area contributed by atoms with Gasteiger partial charge < -0.3 is 9.52 Å². The number of halogens is 1. The van der Waals surface area contributed by atoms with Crippen LogP contribution in [0.1, 0.15) is 30.1 Å². The standard InChI is InChI=1S/C14H14INO3/c1-8(2)7-11-12(14(17)18)19-13(16-11)9-5-3-4-6-10(9)15/h3-6,8H,7H2,1-2H3,(H,17,18). The molecular formula is C14H14INO3. The fourth-order valence-electron chi connectivity index (χ4n) is 1.79. The smallest absolute Gasteiger partial charge is 0.373 e. The summed E-state index contributed by atoms with van der Waals surface area (Å²) in [6, 6.07) is 7.60. The molecule has 0 unspecified atom stereocenters. The van der Waals surface area contributed by atoms with E-state index in [-0.39, 0.29) is 5.76 Å². The molecule has 0 aliphatic heterocycles. The molecule has 0 amide bonds. The second kappa shape index (κ2) is 5.73. The number of benzene rings is 1. The fraction of sp³-hybridized carbons (Fsp3) is 0.286. The number of hydrogen-bond donors (Lipinski definition) is 1. The molecule has 0 aliphatic rings.